The molecule has 4 nitrogen and oxygen atoms in total. The van der Waals surface area contributed by atoms with Gasteiger partial charge in [0.25, 0.3) is 0 Å². The highest BCUT2D eigenvalue weighted by Crippen LogP contribution is 2.22. The number of fused-ring (bicyclic) bond motifs is 1. The lowest BCUT2D eigenvalue weighted by molar-refractivity contribution is 0.952. The van der Waals surface area contributed by atoms with Gasteiger partial charge in [0.2, 0.25) is 0 Å². The van der Waals surface area contributed by atoms with Gasteiger partial charge in [-0.3, -0.25) is 0 Å². The number of hydrogen-bond donors (Lipinski definition) is 1. The fourth-order valence-electron chi connectivity index (χ4n) is 2.03. The second-order valence-corrected chi connectivity index (χ2v) is 5.26. The number of thiazole rings is 1. The molecule has 1 aromatic carbocycles. The van der Waals surface area contributed by atoms with E-state index < -0.39 is 0 Å². The van der Waals surface area contributed by atoms with Crippen molar-refractivity contribution in [1.82, 2.24) is 15.2 Å². The monoisotopic (exact) mass is 270 g/mol. The molecule has 19 heavy (non-hydrogen) atoms. The smallest absolute Gasteiger partial charge is 0.156 e. The number of hydrogen-bond acceptors (Lipinski definition) is 5. The predicted molar refractivity (Wildman–Crippen MR) is 78.6 cm³/mol. The van der Waals surface area contributed by atoms with Crippen LogP contribution in [0.25, 0.3) is 10.8 Å². The van der Waals surface area contributed by atoms with E-state index in [2.05, 4.69) is 32.6 Å². The van der Waals surface area contributed by atoms with Crippen LogP contribution in [0, 0.1) is 6.92 Å². The Labute approximate surface area is 115 Å². The lowest BCUT2D eigenvalue weighted by Gasteiger charge is -2.08. The van der Waals surface area contributed by atoms with E-state index in [0.717, 1.165) is 40.3 Å². The maximum Gasteiger partial charge on any atom is 0.156 e. The Kier molecular flexibility index (Phi) is 3.37. The summed E-state index contributed by atoms with van der Waals surface area (Å²) in [6.07, 6.45) is 2.74. The molecule has 2 heterocycles. The second kappa shape index (κ2) is 5.32. The van der Waals surface area contributed by atoms with Gasteiger partial charge in [0.05, 0.1) is 10.7 Å². The van der Waals surface area contributed by atoms with Crippen molar-refractivity contribution >= 4 is 27.9 Å². The molecule has 3 rings (SSSR count). The molecule has 0 aliphatic rings. The SMILES string of the molecule is Cc1nnc(NCCc2nccs2)c2ccccc12. The summed E-state index contributed by atoms with van der Waals surface area (Å²) in [4.78, 5) is 4.27. The molecule has 0 saturated carbocycles. The Balaban J connectivity index is 1.79. The molecule has 2 aromatic heterocycles. The highest BCUT2D eigenvalue weighted by molar-refractivity contribution is 7.09. The minimum Gasteiger partial charge on any atom is -0.368 e. The molecule has 0 spiro atoms. The van der Waals surface area contributed by atoms with Crippen molar-refractivity contribution in [3.05, 3.63) is 46.5 Å². The Bertz CT molecular complexity index is 679. The van der Waals surface area contributed by atoms with Crippen LogP contribution in [0.5, 0.6) is 0 Å². The first-order chi connectivity index (χ1) is 9.34. The summed E-state index contributed by atoms with van der Waals surface area (Å²) >= 11 is 1.68. The van der Waals surface area contributed by atoms with Crippen LogP contribution in [0.15, 0.2) is 35.8 Å². The van der Waals surface area contributed by atoms with Gasteiger partial charge < -0.3 is 5.32 Å². The third kappa shape index (κ3) is 2.56. The number of rotatable bonds is 4. The summed E-state index contributed by atoms with van der Waals surface area (Å²) in [6, 6.07) is 8.19. The average molecular weight is 270 g/mol. The van der Waals surface area contributed by atoms with Crippen molar-refractivity contribution in [2.75, 3.05) is 11.9 Å². The first-order valence-electron chi connectivity index (χ1n) is 6.19. The number of nitrogens with one attached hydrogen (secondary N) is 1. The molecule has 3 aromatic rings. The van der Waals surface area contributed by atoms with E-state index in [0.29, 0.717) is 0 Å². The fraction of sp³-hybridized carbons (Fsp3) is 0.214. The molecule has 0 saturated heterocycles. The van der Waals surface area contributed by atoms with Gasteiger partial charge in [-0.2, -0.15) is 5.10 Å². The van der Waals surface area contributed by atoms with Crippen LogP contribution < -0.4 is 5.32 Å². The van der Waals surface area contributed by atoms with Gasteiger partial charge in [0.15, 0.2) is 5.82 Å². The molecule has 0 amide bonds. The second-order valence-electron chi connectivity index (χ2n) is 4.28. The number of aryl methyl sites for hydroxylation is 1. The normalized spacial score (nSPS) is 10.8. The zero-order chi connectivity index (χ0) is 13.1. The summed E-state index contributed by atoms with van der Waals surface area (Å²) in [5.41, 5.74) is 0.959. The zero-order valence-corrected chi connectivity index (χ0v) is 11.4. The molecule has 0 unspecified atom stereocenters. The molecule has 96 valence electrons. The minimum absolute atomic E-state index is 0.815. The zero-order valence-electron chi connectivity index (χ0n) is 10.6. The van der Waals surface area contributed by atoms with Crippen molar-refractivity contribution in [2.24, 2.45) is 0 Å². The van der Waals surface area contributed by atoms with Gasteiger partial charge >= 0.3 is 0 Å². The van der Waals surface area contributed by atoms with Gasteiger partial charge in [-0.05, 0) is 6.92 Å². The van der Waals surface area contributed by atoms with Crippen LogP contribution in [-0.2, 0) is 6.42 Å². The van der Waals surface area contributed by atoms with Crippen LogP contribution in [0.3, 0.4) is 0 Å². The van der Waals surface area contributed by atoms with Gasteiger partial charge in [0, 0.05) is 35.3 Å². The van der Waals surface area contributed by atoms with Crippen molar-refractivity contribution in [1.29, 1.82) is 0 Å². The number of benzene rings is 1. The molecular weight excluding hydrogens is 256 g/mol. The molecule has 0 fully saturated rings. The van der Waals surface area contributed by atoms with E-state index in [1.165, 1.54) is 0 Å². The van der Waals surface area contributed by atoms with E-state index in [1.807, 2.05) is 30.6 Å². The van der Waals surface area contributed by atoms with E-state index in [9.17, 15) is 0 Å². The van der Waals surface area contributed by atoms with E-state index in [-0.39, 0.29) is 0 Å². The molecule has 0 aliphatic heterocycles. The summed E-state index contributed by atoms with van der Waals surface area (Å²) in [7, 11) is 0. The molecule has 0 aliphatic carbocycles. The van der Waals surface area contributed by atoms with Gasteiger partial charge in [-0.25, -0.2) is 4.98 Å². The Hall–Kier alpha value is -2.01. The first kappa shape index (κ1) is 12.0. The Morgan fingerprint density at radius 3 is 2.79 bits per heavy atom. The van der Waals surface area contributed by atoms with Crippen LogP contribution >= 0.6 is 11.3 Å². The highest BCUT2D eigenvalue weighted by atomic mass is 32.1. The van der Waals surface area contributed by atoms with Gasteiger partial charge in [0.1, 0.15) is 0 Å². The van der Waals surface area contributed by atoms with Crippen LogP contribution in [0.4, 0.5) is 5.82 Å². The fourth-order valence-corrected chi connectivity index (χ4v) is 2.65. The molecular formula is C14H14N4S. The van der Waals surface area contributed by atoms with Crippen molar-refractivity contribution in [3.63, 3.8) is 0 Å². The summed E-state index contributed by atoms with van der Waals surface area (Å²) in [6.45, 7) is 2.80. The number of nitrogens with zero attached hydrogens (tertiary/aromatic N) is 3. The van der Waals surface area contributed by atoms with E-state index in [1.54, 1.807) is 11.3 Å². The average Bonchev–Trinajstić information content (AvgIpc) is 2.95. The largest absolute Gasteiger partial charge is 0.368 e. The molecule has 0 radical (unpaired) electrons. The van der Waals surface area contributed by atoms with Gasteiger partial charge in [-0.1, -0.05) is 24.3 Å². The van der Waals surface area contributed by atoms with Crippen LogP contribution in [-0.4, -0.2) is 21.7 Å². The van der Waals surface area contributed by atoms with Crippen molar-refractivity contribution < 1.29 is 0 Å². The maximum absolute atomic E-state index is 4.27. The van der Waals surface area contributed by atoms with Crippen molar-refractivity contribution in [3.8, 4) is 0 Å². The molecule has 0 atom stereocenters. The third-order valence-electron chi connectivity index (χ3n) is 2.99. The lowest BCUT2D eigenvalue weighted by Crippen LogP contribution is -2.08. The number of anilines is 1. The van der Waals surface area contributed by atoms with Crippen LogP contribution in [0.2, 0.25) is 0 Å². The predicted octanol–water partition coefficient (Wildman–Crippen LogP) is 3.05. The summed E-state index contributed by atoms with van der Waals surface area (Å²) < 4.78 is 0. The molecule has 5 heteroatoms. The highest BCUT2D eigenvalue weighted by Gasteiger charge is 2.05. The first-order valence-corrected chi connectivity index (χ1v) is 7.07. The quantitative estimate of drug-likeness (QED) is 0.791. The number of aromatic nitrogens is 3. The summed E-state index contributed by atoms with van der Waals surface area (Å²) in [5, 5.41) is 17.2. The standard InChI is InChI=1S/C14H14N4S/c1-10-11-4-2-3-5-12(11)14(18-17-10)16-7-6-13-15-8-9-19-13/h2-5,8-9H,6-7H2,1H3,(H,16,18). The topological polar surface area (TPSA) is 50.7 Å². The minimum atomic E-state index is 0.815. The lowest BCUT2D eigenvalue weighted by atomic mass is 10.1. The maximum atomic E-state index is 4.27. The van der Waals surface area contributed by atoms with Crippen LogP contribution in [0.1, 0.15) is 10.7 Å². The molecule has 1 N–H and O–H groups in total. The summed E-state index contributed by atoms with van der Waals surface area (Å²) in [5.74, 6) is 0.845. The molecule has 0 bridgehead atoms. The van der Waals surface area contributed by atoms with E-state index in [4.69, 9.17) is 0 Å². The van der Waals surface area contributed by atoms with Gasteiger partial charge in [-0.15, -0.1) is 16.4 Å². The van der Waals surface area contributed by atoms with Crippen molar-refractivity contribution in [2.45, 2.75) is 13.3 Å². The van der Waals surface area contributed by atoms with E-state index >= 15 is 0 Å². The Morgan fingerprint density at radius 2 is 2.00 bits per heavy atom. The Morgan fingerprint density at radius 1 is 1.16 bits per heavy atom. The third-order valence-corrected chi connectivity index (χ3v) is 3.83.